The summed E-state index contributed by atoms with van der Waals surface area (Å²) >= 11 is 6.86. The molecule has 1 aliphatic heterocycles. The number of nitrogens with zero attached hydrogens (tertiary/aromatic N) is 3. The van der Waals surface area contributed by atoms with Crippen molar-refractivity contribution in [3.63, 3.8) is 0 Å². The second kappa shape index (κ2) is 10.4. The predicted octanol–water partition coefficient (Wildman–Crippen LogP) is 6.41. The Kier molecular flexibility index (Phi) is 7.34. The van der Waals surface area contributed by atoms with Gasteiger partial charge in [0.1, 0.15) is 22.4 Å². The fourth-order valence-electron chi connectivity index (χ4n) is 3.75. The van der Waals surface area contributed by atoms with Gasteiger partial charge in [-0.05, 0) is 62.2 Å². The van der Waals surface area contributed by atoms with E-state index in [1.807, 2.05) is 79.3 Å². The quantitative estimate of drug-likeness (QED) is 0.208. The van der Waals surface area contributed by atoms with Crippen molar-refractivity contribution in [3.05, 3.63) is 83.4 Å². The Morgan fingerprint density at radius 3 is 2.68 bits per heavy atom. The van der Waals surface area contributed by atoms with E-state index in [2.05, 4.69) is 13.5 Å². The molecule has 0 unspecified atom stereocenters. The average Bonchev–Trinajstić information content (AvgIpc) is 3.38. The molecule has 174 valence electrons. The summed E-state index contributed by atoms with van der Waals surface area (Å²) in [6.45, 7) is 10.3. The van der Waals surface area contributed by atoms with Crippen molar-refractivity contribution >= 4 is 40.3 Å². The van der Waals surface area contributed by atoms with Crippen LogP contribution in [0.5, 0.6) is 5.75 Å². The summed E-state index contributed by atoms with van der Waals surface area (Å²) < 4.78 is 8.13. The predicted molar refractivity (Wildman–Crippen MR) is 144 cm³/mol. The molecule has 5 nitrogen and oxygen atoms in total. The number of aromatic nitrogens is 2. The molecule has 4 rings (SSSR count). The molecule has 3 aromatic rings. The lowest BCUT2D eigenvalue weighted by Crippen LogP contribution is -2.36. The van der Waals surface area contributed by atoms with Gasteiger partial charge in [-0.15, -0.1) is 0 Å². The second-order valence-corrected chi connectivity index (χ2v) is 9.77. The van der Waals surface area contributed by atoms with Crippen LogP contribution in [0.3, 0.4) is 0 Å². The van der Waals surface area contributed by atoms with Gasteiger partial charge in [-0.3, -0.25) is 9.69 Å². The molecular weight excluding hydrogens is 462 g/mol. The van der Waals surface area contributed by atoms with Gasteiger partial charge in [-0.2, -0.15) is 5.10 Å². The minimum Gasteiger partial charge on any atom is -0.490 e. The van der Waals surface area contributed by atoms with E-state index in [0.717, 1.165) is 40.2 Å². The van der Waals surface area contributed by atoms with Crippen LogP contribution in [0, 0.1) is 6.92 Å². The molecule has 1 aromatic heterocycles. The molecular formula is C27H27N3O2S2. The van der Waals surface area contributed by atoms with Gasteiger partial charge in [0.25, 0.3) is 5.91 Å². The molecule has 1 amide bonds. The van der Waals surface area contributed by atoms with E-state index >= 15 is 0 Å². The molecule has 0 radical (unpaired) electrons. The van der Waals surface area contributed by atoms with Crippen molar-refractivity contribution in [1.82, 2.24) is 14.7 Å². The first-order chi connectivity index (χ1) is 16.4. The van der Waals surface area contributed by atoms with Gasteiger partial charge in [-0.25, -0.2) is 4.68 Å². The summed E-state index contributed by atoms with van der Waals surface area (Å²) in [6, 6.07) is 15.9. The lowest BCUT2D eigenvalue weighted by molar-refractivity contribution is -0.123. The molecule has 0 spiro atoms. The number of aryl methyl sites for hydroxylation is 1. The Balaban J connectivity index is 1.79. The van der Waals surface area contributed by atoms with Crippen molar-refractivity contribution < 1.29 is 9.53 Å². The monoisotopic (exact) mass is 489 g/mol. The molecule has 0 saturated carbocycles. The topological polar surface area (TPSA) is 47.4 Å². The molecule has 1 saturated heterocycles. The number of carbonyl (C=O) groups excluding carboxylic acids is 1. The van der Waals surface area contributed by atoms with Crippen molar-refractivity contribution in [2.24, 2.45) is 0 Å². The fraction of sp³-hybridized carbons (Fsp3) is 0.222. The molecule has 2 aromatic carbocycles. The SMILES string of the molecule is C=CCOc1ccc(-c2nn(-c3ccccc3)cc2/C=C2\SC(=S)N([C@H](C)CC)C2=O)c(C)c1. The number of para-hydroxylation sites is 1. The zero-order valence-corrected chi connectivity index (χ0v) is 21.2. The third kappa shape index (κ3) is 4.86. The number of ether oxygens (including phenoxy) is 1. The van der Waals surface area contributed by atoms with Crippen molar-refractivity contribution in [3.8, 4) is 22.7 Å². The Bertz CT molecular complexity index is 1260. The van der Waals surface area contributed by atoms with Crippen molar-refractivity contribution in [1.29, 1.82) is 0 Å². The van der Waals surface area contributed by atoms with Crippen LogP contribution >= 0.6 is 24.0 Å². The van der Waals surface area contributed by atoms with Gasteiger partial charge in [0.2, 0.25) is 0 Å². The molecule has 0 N–H and O–H groups in total. The maximum absolute atomic E-state index is 13.2. The van der Waals surface area contributed by atoms with Crippen LogP contribution in [-0.2, 0) is 4.79 Å². The van der Waals surface area contributed by atoms with Gasteiger partial charge in [0, 0.05) is 23.4 Å². The van der Waals surface area contributed by atoms with E-state index in [0.29, 0.717) is 15.8 Å². The van der Waals surface area contributed by atoms with Crippen LogP contribution in [-0.4, -0.2) is 37.6 Å². The number of carbonyl (C=O) groups is 1. The summed E-state index contributed by atoms with van der Waals surface area (Å²) in [5.74, 6) is 0.729. The Morgan fingerprint density at radius 2 is 2.00 bits per heavy atom. The Labute approximate surface area is 210 Å². The molecule has 0 bridgehead atoms. The first-order valence-electron chi connectivity index (χ1n) is 11.2. The Hall–Kier alpha value is -3.16. The third-order valence-electron chi connectivity index (χ3n) is 5.73. The van der Waals surface area contributed by atoms with Crippen LogP contribution in [0.4, 0.5) is 0 Å². The van der Waals surface area contributed by atoms with Crippen LogP contribution in [0.2, 0.25) is 0 Å². The molecule has 34 heavy (non-hydrogen) atoms. The highest BCUT2D eigenvalue weighted by molar-refractivity contribution is 8.26. The van der Waals surface area contributed by atoms with E-state index in [4.69, 9.17) is 22.1 Å². The van der Waals surface area contributed by atoms with E-state index < -0.39 is 0 Å². The van der Waals surface area contributed by atoms with E-state index in [1.54, 1.807) is 11.0 Å². The number of hydrogen-bond acceptors (Lipinski definition) is 5. The molecule has 2 heterocycles. The lowest BCUT2D eigenvalue weighted by Gasteiger charge is -2.21. The molecule has 0 aliphatic carbocycles. The van der Waals surface area contributed by atoms with Gasteiger partial charge in [-0.1, -0.05) is 61.8 Å². The maximum atomic E-state index is 13.2. The number of thiocarbonyl (C=S) groups is 1. The first-order valence-corrected chi connectivity index (χ1v) is 12.4. The highest BCUT2D eigenvalue weighted by atomic mass is 32.2. The van der Waals surface area contributed by atoms with Crippen molar-refractivity contribution in [2.45, 2.75) is 33.2 Å². The van der Waals surface area contributed by atoms with Gasteiger partial charge in [0.05, 0.1) is 10.6 Å². The third-order valence-corrected chi connectivity index (χ3v) is 7.06. The summed E-state index contributed by atoms with van der Waals surface area (Å²) in [4.78, 5) is 15.5. The maximum Gasteiger partial charge on any atom is 0.266 e. The zero-order chi connectivity index (χ0) is 24.2. The highest BCUT2D eigenvalue weighted by Gasteiger charge is 2.35. The van der Waals surface area contributed by atoms with Crippen LogP contribution < -0.4 is 4.74 Å². The van der Waals surface area contributed by atoms with Gasteiger partial charge in [0.15, 0.2) is 0 Å². The minimum atomic E-state index is -0.0485. The van der Waals surface area contributed by atoms with Gasteiger partial charge >= 0.3 is 0 Å². The number of amides is 1. The molecule has 7 heteroatoms. The minimum absolute atomic E-state index is 0.0485. The van der Waals surface area contributed by atoms with E-state index in [-0.39, 0.29) is 11.9 Å². The van der Waals surface area contributed by atoms with Gasteiger partial charge < -0.3 is 4.74 Å². The first kappa shape index (κ1) is 24.0. The zero-order valence-electron chi connectivity index (χ0n) is 19.5. The lowest BCUT2D eigenvalue weighted by atomic mass is 10.0. The number of benzene rings is 2. The highest BCUT2D eigenvalue weighted by Crippen LogP contribution is 2.37. The van der Waals surface area contributed by atoms with E-state index in [9.17, 15) is 4.79 Å². The summed E-state index contributed by atoms with van der Waals surface area (Å²) in [6.07, 6.45) is 6.43. The largest absolute Gasteiger partial charge is 0.490 e. The van der Waals surface area contributed by atoms with Crippen LogP contribution in [0.25, 0.3) is 23.0 Å². The number of thioether (sulfide) groups is 1. The summed E-state index contributed by atoms with van der Waals surface area (Å²) in [7, 11) is 0. The number of hydrogen-bond donors (Lipinski definition) is 0. The van der Waals surface area contributed by atoms with Crippen LogP contribution in [0.15, 0.2) is 72.3 Å². The average molecular weight is 490 g/mol. The fourth-order valence-corrected chi connectivity index (χ4v) is 5.20. The van der Waals surface area contributed by atoms with Crippen LogP contribution in [0.1, 0.15) is 31.4 Å². The second-order valence-electron chi connectivity index (χ2n) is 8.10. The smallest absolute Gasteiger partial charge is 0.266 e. The molecule has 1 atom stereocenters. The normalized spacial score (nSPS) is 15.7. The Morgan fingerprint density at radius 1 is 1.24 bits per heavy atom. The summed E-state index contributed by atoms with van der Waals surface area (Å²) in [5, 5.41) is 4.91. The van der Waals surface area contributed by atoms with E-state index in [1.165, 1.54) is 11.8 Å². The molecule has 1 aliphatic rings. The molecule has 1 fully saturated rings. The van der Waals surface area contributed by atoms with Crippen molar-refractivity contribution in [2.75, 3.05) is 6.61 Å². The standard InChI is InChI=1S/C27H27N3O2S2/c1-5-14-32-22-12-13-23(18(3)15-22)25-20(17-29(28-25)21-10-8-7-9-11-21)16-24-26(31)30(19(4)6-2)27(33)34-24/h5,7-13,15-17,19H,1,6,14H2,2-4H3/b24-16-/t19-/m1/s1. The number of rotatable bonds is 8. The summed E-state index contributed by atoms with van der Waals surface area (Å²) in [5.41, 5.74) is 4.60.